The number of rotatable bonds is 5. The monoisotopic (exact) mass is 295 g/mol. The molecule has 0 atom stereocenters. The zero-order valence-corrected chi connectivity index (χ0v) is 14.4. The number of hydrogen-bond donors (Lipinski definition) is 0. The van der Waals surface area contributed by atoms with E-state index in [1.807, 2.05) is 0 Å². The van der Waals surface area contributed by atoms with Gasteiger partial charge in [-0.2, -0.15) is 0 Å². The Balaban J connectivity index is 2.59. The minimum atomic E-state index is 0.281. The Morgan fingerprint density at radius 2 is 1.19 bits per heavy atom. The second-order valence-corrected chi connectivity index (χ2v) is 5.97. The summed E-state index contributed by atoms with van der Waals surface area (Å²) in [7, 11) is 3.42. The fraction of sp³-hybridized carbons (Fsp3) is 0.368. The normalized spacial score (nSPS) is 11.1. The van der Waals surface area contributed by atoms with Crippen molar-refractivity contribution in [3.8, 4) is 0 Å². The average molecular weight is 295 g/mol. The van der Waals surface area contributed by atoms with Crippen LogP contribution in [0.1, 0.15) is 39.3 Å². The van der Waals surface area contributed by atoms with Crippen LogP contribution in [0.4, 0.5) is 0 Å². The van der Waals surface area contributed by atoms with Crippen molar-refractivity contribution < 1.29 is 4.74 Å². The molecule has 0 bridgehead atoms. The molecule has 0 N–H and O–H groups in total. The number of ether oxygens (including phenoxy) is 1. The van der Waals surface area contributed by atoms with Gasteiger partial charge in [0.2, 0.25) is 0 Å². The molecule has 2 rings (SSSR count). The molecule has 0 saturated heterocycles. The molecule has 3 radical (unpaired) electrons. The maximum atomic E-state index is 5.74. The predicted molar refractivity (Wildman–Crippen MR) is 90.2 cm³/mol. The number of hydrogen-bond acceptors (Lipinski definition) is 1. The first-order chi connectivity index (χ1) is 10.1. The van der Waals surface area contributed by atoms with Gasteiger partial charge in [-0.3, -0.25) is 0 Å². The molecule has 0 spiro atoms. The maximum absolute atomic E-state index is 5.74. The lowest BCUT2D eigenvalue weighted by Gasteiger charge is -2.25. The second kappa shape index (κ2) is 7.06. The Morgan fingerprint density at radius 1 is 0.810 bits per heavy atom. The molecule has 0 aliphatic heterocycles. The lowest BCUT2D eigenvalue weighted by molar-refractivity contribution is 0.169. The quantitative estimate of drug-likeness (QED) is 0.751. The summed E-state index contributed by atoms with van der Waals surface area (Å²) in [5.41, 5.74) is 8.13. The summed E-state index contributed by atoms with van der Waals surface area (Å²) in [5.74, 6) is 0.281. The Labute approximate surface area is 131 Å². The summed E-state index contributed by atoms with van der Waals surface area (Å²) in [5, 5.41) is 0. The van der Waals surface area contributed by atoms with Gasteiger partial charge < -0.3 is 4.74 Å². The minimum absolute atomic E-state index is 0.281. The van der Waals surface area contributed by atoms with Crippen molar-refractivity contribution in [1.29, 1.82) is 0 Å². The lowest BCUT2D eigenvalue weighted by atomic mass is 9.82. The zero-order chi connectivity index (χ0) is 15.4. The van der Waals surface area contributed by atoms with Gasteiger partial charge in [-0.15, -0.1) is 0 Å². The smallest absolute Gasteiger partial charge is 0.0609 e. The van der Waals surface area contributed by atoms with Gasteiger partial charge in [0.25, 0.3) is 0 Å². The van der Waals surface area contributed by atoms with Crippen LogP contribution in [0.25, 0.3) is 0 Å². The minimum Gasteiger partial charge on any atom is -0.385 e. The van der Waals surface area contributed by atoms with E-state index in [0.29, 0.717) is 12.8 Å². The molecular weight excluding hydrogens is 272 g/mol. The molecule has 0 saturated carbocycles. The first-order valence-corrected chi connectivity index (χ1v) is 8.11. The van der Waals surface area contributed by atoms with Crippen LogP contribution in [-0.2, 0) is 4.74 Å². The topological polar surface area (TPSA) is 9.23 Å². The zero-order valence-electron chi connectivity index (χ0n) is 13.4. The highest BCUT2D eigenvalue weighted by Crippen LogP contribution is 2.34. The highest BCUT2D eigenvalue weighted by molar-refractivity contribution is 6.08. The van der Waals surface area contributed by atoms with Crippen molar-refractivity contribution in [3.05, 3.63) is 69.8 Å². The average Bonchev–Trinajstić information content (AvgIpc) is 2.43. The molecule has 1 nitrogen and oxygen atoms in total. The van der Waals surface area contributed by atoms with Crippen molar-refractivity contribution >= 4 is 10.2 Å². The number of aryl methyl sites for hydroxylation is 4. The van der Waals surface area contributed by atoms with E-state index in [9.17, 15) is 0 Å². The van der Waals surface area contributed by atoms with Crippen LogP contribution < -0.4 is 0 Å². The number of benzene rings is 2. The van der Waals surface area contributed by atoms with Crippen molar-refractivity contribution in [3.63, 3.8) is 0 Å². The van der Waals surface area contributed by atoms with Gasteiger partial charge in [0, 0.05) is 12.1 Å². The van der Waals surface area contributed by atoms with Crippen molar-refractivity contribution in [1.82, 2.24) is 0 Å². The van der Waals surface area contributed by atoms with Gasteiger partial charge in [-0.1, -0.05) is 36.4 Å². The standard InChI is InChI=1S/C19H23OSi/c1-13-7-5-8-14(2)18(13)17(11-20-12-21)19-15(3)9-6-10-16(19)4/h5-10,17H,11-12H2,1-4H3. The fourth-order valence-electron chi connectivity index (χ4n) is 3.24. The Morgan fingerprint density at radius 3 is 1.52 bits per heavy atom. The lowest BCUT2D eigenvalue weighted by Crippen LogP contribution is -2.15. The van der Waals surface area contributed by atoms with Crippen LogP contribution in [0, 0.1) is 27.7 Å². The Hall–Kier alpha value is -1.38. The molecule has 0 heterocycles. The van der Waals surface area contributed by atoms with Crippen LogP contribution in [0.3, 0.4) is 0 Å². The highest BCUT2D eigenvalue weighted by Gasteiger charge is 2.21. The molecular formula is C19H23OSi. The third-order valence-corrected chi connectivity index (χ3v) is 4.37. The van der Waals surface area contributed by atoms with Gasteiger partial charge in [0.15, 0.2) is 0 Å². The third-order valence-electron chi connectivity index (χ3n) is 4.17. The van der Waals surface area contributed by atoms with Gasteiger partial charge >= 0.3 is 0 Å². The fourth-order valence-corrected chi connectivity index (χ4v) is 3.36. The summed E-state index contributed by atoms with van der Waals surface area (Å²) in [4.78, 5) is 0. The maximum Gasteiger partial charge on any atom is 0.0609 e. The molecule has 2 heteroatoms. The molecule has 0 aromatic heterocycles. The highest BCUT2D eigenvalue weighted by atomic mass is 28.1. The van der Waals surface area contributed by atoms with Gasteiger partial charge in [-0.05, 0) is 61.1 Å². The van der Waals surface area contributed by atoms with Gasteiger partial charge in [0.05, 0.1) is 16.8 Å². The largest absolute Gasteiger partial charge is 0.385 e. The molecule has 0 fully saturated rings. The molecule has 0 amide bonds. The predicted octanol–water partition coefficient (Wildman–Crippen LogP) is 4.19. The van der Waals surface area contributed by atoms with E-state index in [2.05, 4.69) is 74.3 Å². The summed E-state index contributed by atoms with van der Waals surface area (Å²) in [6.07, 6.45) is 0.562. The molecule has 21 heavy (non-hydrogen) atoms. The van der Waals surface area contributed by atoms with E-state index in [0.717, 1.165) is 0 Å². The molecule has 0 aliphatic rings. The molecule has 0 unspecified atom stereocenters. The Kier molecular flexibility index (Phi) is 5.37. The van der Waals surface area contributed by atoms with Gasteiger partial charge in [-0.25, -0.2) is 0 Å². The van der Waals surface area contributed by atoms with E-state index in [1.54, 1.807) is 0 Å². The molecule has 0 aliphatic carbocycles. The van der Waals surface area contributed by atoms with Crippen LogP contribution in [0.2, 0.25) is 0 Å². The molecule has 109 valence electrons. The summed E-state index contributed by atoms with van der Waals surface area (Å²) in [6.45, 7) is 9.46. The van der Waals surface area contributed by atoms with Crippen LogP contribution in [-0.4, -0.2) is 23.1 Å². The molecule has 2 aromatic carbocycles. The van der Waals surface area contributed by atoms with E-state index in [4.69, 9.17) is 4.74 Å². The van der Waals surface area contributed by atoms with Crippen LogP contribution >= 0.6 is 0 Å². The van der Waals surface area contributed by atoms with Crippen molar-refractivity contribution in [2.45, 2.75) is 33.6 Å². The summed E-state index contributed by atoms with van der Waals surface area (Å²) < 4.78 is 5.74. The van der Waals surface area contributed by atoms with Crippen LogP contribution in [0.5, 0.6) is 0 Å². The summed E-state index contributed by atoms with van der Waals surface area (Å²) >= 11 is 0. The Bertz CT molecular complexity index is 527. The summed E-state index contributed by atoms with van der Waals surface area (Å²) in [6, 6.07) is 13.0. The van der Waals surface area contributed by atoms with E-state index in [-0.39, 0.29) is 5.92 Å². The molecule has 2 aromatic rings. The van der Waals surface area contributed by atoms with Gasteiger partial charge in [0.1, 0.15) is 0 Å². The first-order valence-electron chi connectivity index (χ1n) is 7.40. The van der Waals surface area contributed by atoms with E-state index >= 15 is 0 Å². The van der Waals surface area contributed by atoms with E-state index < -0.39 is 0 Å². The van der Waals surface area contributed by atoms with Crippen molar-refractivity contribution in [2.24, 2.45) is 0 Å². The SMILES string of the molecule is Cc1cccc(C)c1C(COC[Si])c1c(C)cccc1C. The third kappa shape index (κ3) is 3.45. The second-order valence-electron chi connectivity index (χ2n) is 5.68. The first kappa shape index (κ1) is 16.0. The van der Waals surface area contributed by atoms with Crippen LogP contribution in [0.15, 0.2) is 36.4 Å². The van der Waals surface area contributed by atoms with Crippen molar-refractivity contribution in [2.75, 3.05) is 12.8 Å². The van der Waals surface area contributed by atoms with E-state index in [1.165, 1.54) is 33.4 Å².